The lowest BCUT2D eigenvalue weighted by Crippen LogP contribution is -2.29. The van der Waals surface area contributed by atoms with Crippen molar-refractivity contribution in [2.45, 2.75) is 37.9 Å². The Hall–Kier alpha value is -1.57. The number of hydrogen-bond donors (Lipinski definition) is 1. The molecular formula is C16H19FO3. The van der Waals surface area contributed by atoms with E-state index in [4.69, 9.17) is 14.6 Å². The van der Waals surface area contributed by atoms with Gasteiger partial charge in [0.2, 0.25) is 0 Å². The fraction of sp³-hybridized carbons (Fsp3) is 0.500. The molecule has 0 spiro atoms. The number of hydrogen-bond acceptors (Lipinski definition) is 3. The number of aliphatic hydroxyl groups excluding tert-OH is 1. The van der Waals surface area contributed by atoms with Crippen molar-refractivity contribution >= 4 is 0 Å². The summed E-state index contributed by atoms with van der Waals surface area (Å²) in [6.45, 7) is -0.280. The molecule has 0 bridgehead atoms. The van der Waals surface area contributed by atoms with Gasteiger partial charge in [-0.3, -0.25) is 0 Å². The minimum Gasteiger partial charge on any atom is -0.490 e. The van der Waals surface area contributed by atoms with Crippen molar-refractivity contribution in [3.63, 3.8) is 0 Å². The van der Waals surface area contributed by atoms with Crippen molar-refractivity contribution in [2.24, 2.45) is 0 Å². The molecule has 1 saturated carbocycles. The Morgan fingerprint density at radius 3 is 2.85 bits per heavy atom. The second-order valence-electron chi connectivity index (χ2n) is 4.87. The van der Waals surface area contributed by atoms with E-state index in [0.29, 0.717) is 5.75 Å². The zero-order valence-corrected chi connectivity index (χ0v) is 11.6. The lowest BCUT2D eigenvalue weighted by Gasteiger charge is -2.28. The van der Waals surface area contributed by atoms with Crippen LogP contribution in [0.2, 0.25) is 0 Å². The summed E-state index contributed by atoms with van der Waals surface area (Å²) in [7, 11) is 1.71. The molecule has 2 rings (SSSR count). The van der Waals surface area contributed by atoms with Crippen molar-refractivity contribution in [2.75, 3.05) is 13.7 Å². The summed E-state index contributed by atoms with van der Waals surface area (Å²) in [6.07, 6.45) is 4.22. The fourth-order valence-corrected chi connectivity index (χ4v) is 2.42. The van der Waals surface area contributed by atoms with Gasteiger partial charge in [0.15, 0.2) is 0 Å². The number of ether oxygens (including phenoxy) is 2. The molecule has 0 aliphatic heterocycles. The van der Waals surface area contributed by atoms with Crippen molar-refractivity contribution in [1.29, 1.82) is 0 Å². The topological polar surface area (TPSA) is 38.7 Å². The molecule has 0 amide bonds. The molecule has 2 unspecified atom stereocenters. The zero-order valence-electron chi connectivity index (χ0n) is 11.6. The summed E-state index contributed by atoms with van der Waals surface area (Å²) in [5.41, 5.74) is 0.268. The predicted octanol–water partition coefficient (Wildman–Crippen LogP) is 2.51. The Kier molecular flexibility index (Phi) is 5.40. The van der Waals surface area contributed by atoms with Crippen molar-refractivity contribution in [1.82, 2.24) is 0 Å². The molecule has 4 heteroatoms. The molecule has 1 N–H and O–H groups in total. The highest BCUT2D eigenvalue weighted by molar-refractivity contribution is 5.39. The maximum Gasteiger partial charge on any atom is 0.142 e. The monoisotopic (exact) mass is 278 g/mol. The van der Waals surface area contributed by atoms with Gasteiger partial charge in [-0.25, -0.2) is 4.39 Å². The van der Waals surface area contributed by atoms with E-state index in [0.717, 1.165) is 25.7 Å². The first kappa shape index (κ1) is 14.8. The van der Waals surface area contributed by atoms with Crippen LogP contribution in [-0.4, -0.2) is 31.0 Å². The van der Waals surface area contributed by atoms with Gasteiger partial charge in [-0.2, -0.15) is 0 Å². The minimum absolute atomic E-state index is 0.0717. The van der Waals surface area contributed by atoms with E-state index in [1.807, 2.05) is 0 Å². The van der Waals surface area contributed by atoms with Gasteiger partial charge in [-0.1, -0.05) is 11.8 Å². The average molecular weight is 278 g/mol. The molecule has 0 radical (unpaired) electrons. The van der Waals surface area contributed by atoms with Crippen LogP contribution in [0.5, 0.6) is 5.75 Å². The molecule has 1 fully saturated rings. The smallest absolute Gasteiger partial charge is 0.142 e. The van der Waals surface area contributed by atoms with E-state index in [2.05, 4.69) is 11.8 Å². The van der Waals surface area contributed by atoms with Gasteiger partial charge >= 0.3 is 0 Å². The standard InChI is InChI=1S/C16H19FO3/c1-19-13-5-2-6-14(10-13)20-15-8-7-12(4-3-9-18)16(17)11-15/h7-8,11,13-14,18H,2,5-6,9-10H2,1H3. The molecule has 1 aromatic carbocycles. The van der Waals surface area contributed by atoms with E-state index in [-0.39, 0.29) is 24.4 Å². The largest absolute Gasteiger partial charge is 0.490 e. The highest BCUT2D eigenvalue weighted by Crippen LogP contribution is 2.26. The number of rotatable bonds is 3. The summed E-state index contributed by atoms with van der Waals surface area (Å²) < 4.78 is 24.9. The second kappa shape index (κ2) is 7.28. The number of halogens is 1. The lowest BCUT2D eigenvalue weighted by atomic mass is 9.95. The number of aliphatic hydroxyl groups is 1. The molecule has 20 heavy (non-hydrogen) atoms. The fourth-order valence-electron chi connectivity index (χ4n) is 2.42. The molecule has 1 aromatic rings. The molecule has 108 valence electrons. The molecule has 2 atom stereocenters. The predicted molar refractivity (Wildman–Crippen MR) is 74.0 cm³/mol. The SMILES string of the molecule is COC1CCCC(Oc2ccc(C#CCO)c(F)c2)C1. The molecule has 0 aromatic heterocycles. The first-order valence-corrected chi connectivity index (χ1v) is 6.81. The van der Waals surface area contributed by atoms with Crippen molar-refractivity contribution in [3.8, 4) is 17.6 Å². The summed E-state index contributed by atoms with van der Waals surface area (Å²) in [6, 6.07) is 4.63. The molecule has 3 nitrogen and oxygen atoms in total. The van der Waals surface area contributed by atoms with Gasteiger partial charge in [0.05, 0.1) is 11.7 Å². The average Bonchev–Trinajstić information content (AvgIpc) is 2.47. The van der Waals surface area contributed by atoms with Crippen LogP contribution in [0.25, 0.3) is 0 Å². The minimum atomic E-state index is -0.428. The number of methoxy groups -OCH3 is 1. The third kappa shape index (κ3) is 3.96. The molecule has 1 aliphatic rings. The van der Waals surface area contributed by atoms with Crippen LogP contribution in [0, 0.1) is 17.7 Å². The van der Waals surface area contributed by atoms with Gasteiger partial charge in [0, 0.05) is 19.6 Å². The van der Waals surface area contributed by atoms with Crippen molar-refractivity contribution in [3.05, 3.63) is 29.6 Å². The van der Waals surface area contributed by atoms with Crippen LogP contribution in [0.15, 0.2) is 18.2 Å². The van der Waals surface area contributed by atoms with E-state index >= 15 is 0 Å². The molecular weight excluding hydrogens is 259 g/mol. The molecule has 0 heterocycles. The summed E-state index contributed by atoms with van der Waals surface area (Å²) in [5, 5.41) is 8.61. The molecule has 1 aliphatic carbocycles. The number of benzene rings is 1. The van der Waals surface area contributed by atoms with Crippen LogP contribution in [0.1, 0.15) is 31.2 Å². The van der Waals surface area contributed by atoms with E-state index < -0.39 is 5.82 Å². The Morgan fingerprint density at radius 1 is 1.35 bits per heavy atom. The first-order valence-electron chi connectivity index (χ1n) is 6.81. The van der Waals surface area contributed by atoms with Gasteiger partial charge in [0.25, 0.3) is 0 Å². The zero-order chi connectivity index (χ0) is 14.4. The Morgan fingerprint density at radius 2 is 2.15 bits per heavy atom. The Balaban J connectivity index is 2.01. The second-order valence-corrected chi connectivity index (χ2v) is 4.87. The third-order valence-electron chi connectivity index (χ3n) is 3.46. The Labute approximate surface area is 118 Å². The van der Waals surface area contributed by atoms with Crippen LogP contribution in [-0.2, 0) is 4.74 Å². The van der Waals surface area contributed by atoms with Gasteiger partial charge in [0.1, 0.15) is 24.3 Å². The van der Waals surface area contributed by atoms with Crippen molar-refractivity contribution < 1.29 is 19.0 Å². The summed E-state index contributed by atoms with van der Waals surface area (Å²) in [4.78, 5) is 0. The van der Waals surface area contributed by atoms with Crippen LogP contribution in [0.4, 0.5) is 4.39 Å². The van der Waals surface area contributed by atoms with Crippen LogP contribution in [0.3, 0.4) is 0 Å². The maximum atomic E-state index is 13.8. The maximum absolute atomic E-state index is 13.8. The van der Waals surface area contributed by atoms with Crippen LogP contribution >= 0.6 is 0 Å². The summed E-state index contributed by atoms with van der Waals surface area (Å²) >= 11 is 0. The normalized spacial score (nSPS) is 21.9. The Bertz CT molecular complexity index is 504. The highest BCUT2D eigenvalue weighted by atomic mass is 19.1. The van der Waals surface area contributed by atoms with Crippen LogP contribution < -0.4 is 4.74 Å². The van der Waals surface area contributed by atoms with Gasteiger partial charge < -0.3 is 14.6 Å². The van der Waals surface area contributed by atoms with Gasteiger partial charge in [-0.15, -0.1) is 0 Å². The quantitative estimate of drug-likeness (QED) is 0.863. The first-order chi connectivity index (χ1) is 9.72. The van der Waals surface area contributed by atoms with Gasteiger partial charge in [-0.05, 0) is 31.4 Å². The van der Waals surface area contributed by atoms with E-state index in [9.17, 15) is 4.39 Å². The summed E-state index contributed by atoms with van der Waals surface area (Å²) in [5.74, 6) is 5.07. The van der Waals surface area contributed by atoms with E-state index in [1.165, 1.54) is 6.07 Å². The third-order valence-corrected chi connectivity index (χ3v) is 3.46. The molecule has 0 saturated heterocycles. The highest BCUT2D eigenvalue weighted by Gasteiger charge is 2.23. The lowest BCUT2D eigenvalue weighted by molar-refractivity contribution is 0.0209. The van der Waals surface area contributed by atoms with E-state index in [1.54, 1.807) is 19.2 Å².